The number of methoxy groups -OCH3 is 1. The Morgan fingerprint density at radius 2 is 2.05 bits per heavy atom. The molecule has 0 radical (unpaired) electrons. The van der Waals surface area contributed by atoms with Gasteiger partial charge >= 0.3 is 0 Å². The molecule has 0 bridgehead atoms. The lowest BCUT2D eigenvalue weighted by atomic mass is 9.84. The van der Waals surface area contributed by atoms with Crippen LogP contribution in [0.15, 0.2) is 12.1 Å². The quantitative estimate of drug-likeness (QED) is 0.790. The highest BCUT2D eigenvalue weighted by Crippen LogP contribution is 2.35. The standard InChI is InChI=1S/C16H22ClN3O/c1-11(12-6-4-3-5-7-12)20-14(10-17)18-13-8-9-15(21-2)19-16(13)20/h8-9,11-12H,3-7,10H2,1-2H3. The van der Waals surface area contributed by atoms with E-state index in [0.717, 1.165) is 17.0 Å². The van der Waals surface area contributed by atoms with Crippen LogP contribution in [0, 0.1) is 5.92 Å². The number of imidazole rings is 1. The van der Waals surface area contributed by atoms with Crippen LogP contribution in [0.2, 0.25) is 0 Å². The molecule has 0 N–H and O–H groups in total. The SMILES string of the molecule is COc1ccc2nc(CCl)n(C(C)C3CCCCC3)c2n1. The van der Waals surface area contributed by atoms with Gasteiger partial charge in [-0.3, -0.25) is 0 Å². The molecule has 0 amide bonds. The van der Waals surface area contributed by atoms with Crippen molar-refractivity contribution < 1.29 is 4.74 Å². The number of halogens is 1. The van der Waals surface area contributed by atoms with E-state index in [1.165, 1.54) is 32.1 Å². The minimum atomic E-state index is 0.378. The summed E-state index contributed by atoms with van der Waals surface area (Å²) in [5.74, 6) is 2.63. The predicted molar refractivity (Wildman–Crippen MR) is 84.9 cm³/mol. The first-order valence-electron chi connectivity index (χ1n) is 7.72. The zero-order valence-electron chi connectivity index (χ0n) is 12.7. The molecule has 21 heavy (non-hydrogen) atoms. The molecule has 0 aliphatic heterocycles. The monoisotopic (exact) mass is 307 g/mol. The number of pyridine rings is 1. The van der Waals surface area contributed by atoms with Gasteiger partial charge in [-0.05, 0) is 31.7 Å². The van der Waals surface area contributed by atoms with Gasteiger partial charge in [-0.15, -0.1) is 11.6 Å². The molecule has 0 aromatic carbocycles. The normalized spacial score (nSPS) is 18.0. The van der Waals surface area contributed by atoms with Crippen LogP contribution in [-0.4, -0.2) is 21.6 Å². The number of alkyl halides is 1. The third kappa shape index (κ3) is 2.73. The molecule has 4 nitrogen and oxygen atoms in total. The van der Waals surface area contributed by atoms with Crippen molar-refractivity contribution in [2.45, 2.75) is 50.9 Å². The first-order chi connectivity index (χ1) is 10.2. The smallest absolute Gasteiger partial charge is 0.215 e. The van der Waals surface area contributed by atoms with Crippen LogP contribution in [0.25, 0.3) is 11.2 Å². The molecule has 1 atom stereocenters. The summed E-state index contributed by atoms with van der Waals surface area (Å²) in [5.41, 5.74) is 1.79. The second-order valence-electron chi connectivity index (χ2n) is 5.87. The lowest BCUT2D eigenvalue weighted by Crippen LogP contribution is -2.21. The van der Waals surface area contributed by atoms with Crippen LogP contribution in [0.4, 0.5) is 0 Å². The highest BCUT2D eigenvalue weighted by Gasteiger charge is 2.25. The van der Waals surface area contributed by atoms with E-state index in [9.17, 15) is 0 Å². The molecule has 3 rings (SSSR count). The number of fused-ring (bicyclic) bond motifs is 1. The Morgan fingerprint density at radius 3 is 2.71 bits per heavy atom. The van der Waals surface area contributed by atoms with E-state index < -0.39 is 0 Å². The summed E-state index contributed by atoms with van der Waals surface area (Å²) < 4.78 is 7.48. The van der Waals surface area contributed by atoms with Crippen molar-refractivity contribution in [1.82, 2.24) is 14.5 Å². The molecule has 1 fully saturated rings. The first-order valence-corrected chi connectivity index (χ1v) is 8.26. The van der Waals surface area contributed by atoms with E-state index in [1.807, 2.05) is 12.1 Å². The van der Waals surface area contributed by atoms with Crippen LogP contribution < -0.4 is 4.74 Å². The number of nitrogens with zero attached hydrogens (tertiary/aromatic N) is 3. The maximum Gasteiger partial charge on any atom is 0.215 e. The minimum absolute atomic E-state index is 0.378. The maximum atomic E-state index is 6.12. The van der Waals surface area contributed by atoms with Crippen molar-refractivity contribution in [2.24, 2.45) is 5.92 Å². The van der Waals surface area contributed by atoms with Gasteiger partial charge in [0.15, 0.2) is 5.65 Å². The van der Waals surface area contributed by atoms with E-state index in [0.29, 0.717) is 23.7 Å². The van der Waals surface area contributed by atoms with Crippen molar-refractivity contribution in [3.05, 3.63) is 18.0 Å². The number of hydrogen-bond acceptors (Lipinski definition) is 3. The van der Waals surface area contributed by atoms with Gasteiger partial charge in [0.05, 0.1) is 13.0 Å². The van der Waals surface area contributed by atoms with Gasteiger partial charge < -0.3 is 9.30 Å². The summed E-state index contributed by atoms with van der Waals surface area (Å²) in [7, 11) is 1.64. The van der Waals surface area contributed by atoms with Gasteiger partial charge in [-0.1, -0.05) is 19.3 Å². The van der Waals surface area contributed by atoms with Crippen molar-refractivity contribution >= 4 is 22.8 Å². The Morgan fingerprint density at radius 1 is 1.29 bits per heavy atom. The zero-order chi connectivity index (χ0) is 14.8. The van der Waals surface area contributed by atoms with Gasteiger partial charge in [0, 0.05) is 12.1 Å². The Kier molecular flexibility index (Phi) is 4.34. The van der Waals surface area contributed by atoms with Gasteiger partial charge in [0.2, 0.25) is 5.88 Å². The molecule has 1 aliphatic rings. The Labute approximate surface area is 130 Å². The second-order valence-corrected chi connectivity index (χ2v) is 6.13. The van der Waals surface area contributed by atoms with Crippen LogP contribution in [0.5, 0.6) is 5.88 Å². The summed E-state index contributed by atoms with van der Waals surface area (Å²) in [6.07, 6.45) is 6.59. The first kappa shape index (κ1) is 14.6. The molecule has 0 spiro atoms. The number of ether oxygens (including phenoxy) is 1. The second kappa shape index (κ2) is 6.22. The molecule has 2 aromatic heterocycles. The summed E-state index contributed by atoms with van der Waals surface area (Å²) in [6, 6.07) is 4.19. The summed E-state index contributed by atoms with van der Waals surface area (Å²) >= 11 is 6.12. The van der Waals surface area contributed by atoms with Crippen molar-refractivity contribution in [3.8, 4) is 5.88 Å². The topological polar surface area (TPSA) is 39.9 Å². The van der Waals surface area contributed by atoms with E-state index in [2.05, 4.69) is 21.5 Å². The van der Waals surface area contributed by atoms with Crippen molar-refractivity contribution in [2.75, 3.05) is 7.11 Å². The van der Waals surface area contributed by atoms with Gasteiger partial charge in [-0.2, -0.15) is 4.98 Å². The van der Waals surface area contributed by atoms with Crippen molar-refractivity contribution in [3.63, 3.8) is 0 Å². The molecule has 114 valence electrons. The maximum absolute atomic E-state index is 6.12. The van der Waals surface area contributed by atoms with Crippen LogP contribution in [0.3, 0.4) is 0 Å². The summed E-state index contributed by atoms with van der Waals surface area (Å²) in [5, 5.41) is 0. The fourth-order valence-corrected chi connectivity index (χ4v) is 3.66. The largest absolute Gasteiger partial charge is 0.481 e. The number of hydrogen-bond donors (Lipinski definition) is 0. The lowest BCUT2D eigenvalue weighted by Gasteiger charge is -2.29. The molecule has 2 aromatic rings. The molecule has 0 saturated heterocycles. The molecular formula is C16H22ClN3O. The third-order valence-corrected chi connectivity index (χ3v) is 4.89. The Hall–Kier alpha value is -1.29. The van der Waals surface area contributed by atoms with Gasteiger partial charge in [0.25, 0.3) is 0 Å². The van der Waals surface area contributed by atoms with E-state index in [-0.39, 0.29) is 0 Å². The van der Waals surface area contributed by atoms with Crippen molar-refractivity contribution in [1.29, 1.82) is 0 Å². The fourth-order valence-electron chi connectivity index (χ4n) is 3.47. The van der Waals surface area contributed by atoms with Crippen LogP contribution >= 0.6 is 11.6 Å². The summed E-state index contributed by atoms with van der Waals surface area (Å²) in [4.78, 5) is 9.23. The van der Waals surface area contributed by atoms with Crippen LogP contribution in [-0.2, 0) is 5.88 Å². The molecule has 1 saturated carbocycles. The van der Waals surface area contributed by atoms with Gasteiger partial charge in [0.1, 0.15) is 11.3 Å². The Balaban J connectivity index is 2.05. The average Bonchev–Trinajstić information content (AvgIpc) is 2.92. The van der Waals surface area contributed by atoms with E-state index in [4.69, 9.17) is 16.3 Å². The van der Waals surface area contributed by atoms with Crippen LogP contribution in [0.1, 0.15) is 50.9 Å². The average molecular weight is 308 g/mol. The summed E-state index contributed by atoms with van der Waals surface area (Å²) in [6.45, 7) is 2.27. The highest BCUT2D eigenvalue weighted by molar-refractivity contribution is 6.16. The van der Waals surface area contributed by atoms with E-state index in [1.54, 1.807) is 7.11 Å². The number of rotatable bonds is 4. The minimum Gasteiger partial charge on any atom is -0.481 e. The number of aromatic nitrogens is 3. The lowest BCUT2D eigenvalue weighted by molar-refractivity contribution is 0.264. The Bertz CT molecular complexity index is 619. The highest BCUT2D eigenvalue weighted by atomic mass is 35.5. The fraction of sp³-hybridized carbons (Fsp3) is 0.625. The molecule has 1 unspecified atom stereocenters. The molecule has 5 heteroatoms. The molecule has 1 aliphatic carbocycles. The zero-order valence-corrected chi connectivity index (χ0v) is 13.4. The molecule has 2 heterocycles. The van der Waals surface area contributed by atoms with E-state index >= 15 is 0 Å². The van der Waals surface area contributed by atoms with Gasteiger partial charge in [-0.25, -0.2) is 4.98 Å². The molecular weight excluding hydrogens is 286 g/mol. The third-order valence-electron chi connectivity index (χ3n) is 4.65. The predicted octanol–water partition coefficient (Wildman–Crippen LogP) is 4.32.